The first-order chi connectivity index (χ1) is 9.08. The van der Waals surface area contributed by atoms with Crippen LogP contribution in [0.2, 0.25) is 5.02 Å². The Hall–Kier alpha value is -0.580. The second-order valence-corrected chi connectivity index (χ2v) is 6.33. The largest absolute Gasteiger partial charge is 0.481 e. The lowest BCUT2D eigenvalue weighted by Crippen LogP contribution is -2.28. The van der Waals surface area contributed by atoms with Gasteiger partial charge < -0.3 is 10.4 Å². The van der Waals surface area contributed by atoms with Crippen LogP contribution in [-0.2, 0) is 11.3 Å². The van der Waals surface area contributed by atoms with Gasteiger partial charge in [-0.05, 0) is 49.1 Å². The molecule has 0 bridgehead atoms. The van der Waals surface area contributed by atoms with E-state index in [9.17, 15) is 4.79 Å². The normalized spacial score (nSPS) is 22.6. The van der Waals surface area contributed by atoms with Gasteiger partial charge in [0.05, 0.1) is 5.92 Å². The molecule has 2 rings (SSSR count). The number of carbonyl (C=O) groups is 1. The molecule has 1 saturated carbocycles. The monoisotopic (exact) mass is 345 g/mol. The molecule has 0 radical (unpaired) electrons. The minimum Gasteiger partial charge on any atom is -0.481 e. The highest BCUT2D eigenvalue weighted by Crippen LogP contribution is 2.31. The molecule has 19 heavy (non-hydrogen) atoms. The molecule has 2 atom stereocenters. The van der Waals surface area contributed by atoms with Gasteiger partial charge in [0.15, 0.2) is 0 Å². The molecular formula is C14H17BrClNO2. The van der Waals surface area contributed by atoms with Gasteiger partial charge in [-0.2, -0.15) is 0 Å². The first-order valence-corrected chi connectivity index (χ1v) is 7.62. The number of hydrogen-bond acceptors (Lipinski definition) is 2. The lowest BCUT2D eigenvalue weighted by molar-refractivity contribution is -0.142. The van der Waals surface area contributed by atoms with E-state index in [2.05, 4.69) is 21.2 Å². The Morgan fingerprint density at radius 2 is 2.26 bits per heavy atom. The van der Waals surface area contributed by atoms with Crippen LogP contribution in [-0.4, -0.2) is 17.6 Å². The van der Waals surface area contributed by atoms with Crippen molar-refractivity contribution in [2.45, 2.75) is 25.8 Å². The van der Waals surface area contributed by atoms with Crippen molar-refractivity contribution >= 4 is 33.5 Å². The number of nitrogens with one attached hydrogen (secondary N) is 1. The van der Waals surface area contributed by atoms with Crippen molar-refractivity contribution in [3.63, 3.8) is 0 Å². The summed E-state index contributed by atoms with van der Waals surface area (Å²) in [5.41, 5.74) is 1.03. The van der Waals surface area contributed by atoms with Crippen LogP contribution in [0.15, 0.2) is 22.7 Å². The lowest BCUT2D eigenvalue weighted by atomic mass is 9.96. The van der Waals surface area contributed by atoms with E-state index in [-0.39, 0.29) is 11.8 Å². The maximum atomic E-state index is 11.1. The van der Waals surface area contributed by atoms with Crippen molar-refractivity contribution in [2.75, 3.05) is 6.54 Å². The van der Waals surface area contributed by atoms with E-state index in [1.807, 2.05) is 18.2 Å². The second-order valence-electron chi connectivity index (χ2n) is 5.00. The van der Waals surface area contributed by atoms with Crippen LogP contribution in [0.1, 0.15) is 24.8 Å². The van der Waals surface area contributed by atoms with E-state index < -0.39 is 5.97 Å². The Balaban J connectivity index is 1.86. The summed E-state index contributed by atoms with van der Waals surface area (Å²) in [5, 5.41) is 13.2. The minimum absolute atomic E-state index is 0.189. The minimum atomic E-state index is -0.662. The third-order valence-electron chi connectivity index (χ3n) is 3.71. The van der Waals surface area contributed by atoms with Crippen molar-refractivity contribution in [3.05, 3.63) is 33.3 Å². The van der Waals surface area contributed by atoms with Crippen LogP contribution in [0.5, 0.6) is 0 Å². The van der Waals surface area contributed by atoms with Crippen LogP contribution >= 0.6 is 27.5 Å². The van der Waals surface area contributed by atoms with Crippen LogP contribution in [0.3, 0.4) is 0 Å². The van der Waals surface area contributed by atoms with E-state index in [1.165, 1.54) is 0 Å². The zero-order valence-corrected chi connectivity index (χ0v) is 12.9. The number of halogens is 2. The summed E-state index contributed by atoms with van der Waals surface area (Å²) in [7, 11) is 0. The first kappa shape index (κ1) is 14.8. The molecule has 0 saturated heterocycles. The molecule has 0 spiro atoms. The summed E-state index contributed by atoms with van der Waals surface area (Å²) < 4.78 is 0.998. The van der Waals surface area contributed by atoms with Gasteiger partial charge in [0, 0.05) is 16.0 Å². The summed E-state index contributed by atoms with van der Waals surface area (Å²) in [6.45, 7) is 1.40. The van der Waals surface area contributed by atoms with Gasteiger partial charge in [0.25, 0.3) is 0 Å². The maximum Gasteiger partial charge on any atom is 0.306 e. The number of carboxylic acid groups (broad SMARTS) is 1. The molecule has 2 N–H and O–H groups in total. The highest BCUT2D eigenvalue weighted by Gasteiger charge is 2.32. The number of aliphatic carboxylic acids is 1. The topological polar surface area (TPSA) is 49.3 Å². The fourth-order valence-corrected chi connectivity index (χ4v) is 3.27. The molecule has 1 fully saturated rings. The zero-order chi connectivity index (χ0) is 13.8. The molecule has 104 valence electrons. The van der Waals surface area contributed by atoms with E-state index in [1.54, 1.807) is 0 Å². The fourth-order valence-electron chi connectivity index (χ4n) is 2.68. The average Bonchev–Trinajstić information content (AvgIpc) is 2.82. The number of benzene rings is 1. The molecule has 1 aromatic rings. The van der Waals surface area contributed by atoms with E-state index >= 15 is 0 Å². The molecule has 3 nitrogen and oxygen atoms in total. The van der Waals surface area contributed by atoms with Crippen LogP contribution in [0, 0.1) is 11.8 Å². The van der Waals surface area contributed by atoms with Gasteiger partial charge in [0.2, 0.25) is 0 Å². The SMILES string of the molecule is O=C(O)C1CCCC1CNCc1cc(Br)ccc1Cl. The van der Waals surface area contributed by atoms with E-state index in [4.69, 9.17) is 16.7 Å². The molecule has 2 unspecified atom stereocenters. The predicted octanol–water partition coefficient (Wildman–Crippen LogP) is 3.69. The Labute approximate surface area is 126 Å². The van der Waals surface area contributed by atoms with Crippen molar-refractivity contribution in [2.24, 2.45) is 11.8 Å². The van der Waals surface area contributed by atoms with Crippen molar-refractivity contribution in [1.82, 2.24) is 5.32 Å². The third kappa shape index (κ3) is 3.94. The summed E-state index contributed by atoms with van der Waals surface area (Å²) in [4.78, 5) is 11.1. The molecule has 1 aliphatic carbocycles. The van der Waals surface area contributed by atoms with Gasteiger partial charge in [-0.25, -0.2) is 0 Å². The smallest absolute Gasteiger partial charge is 0.306 e. The third-order valence-corrected chi connectivity index (χ3v) is 4.57. The van der Waals surface area contributed by atoms with Crippen molar-refractivity contribution in [3.8, 4) is 0 Å². The molecule has 0 heterocycles. The first-order valence-electron chi connectivity index (χ1n) is 6.45. The maximum absolute atomic E-state index is 11.1. The number of hydrogen-bond donors (Lipinski definition) is 2. The van der Waals surface area contributed by atoms with Crippen LogP contribution < -0.4 is 5.32 Å². The molecule has 0 aromatic heterocycles. The number of rotatable bonds is 5. The quantitative estimate of drug-likeness (QED) is 0.855. The molecule has 1 aliphatic rings. The summed E-state index contributed by atoms with van der Waals surface area (Å²) in [6.07, 6.45) is 2.82. The Bertz CT molecular complexity index is 467. The predicted molar refractivity (Wildman–Crippen MR) is 79.3 cm³/mol. The molecular weight excluding hydrogens is 330 g/mol. The van der Waals surface area contributed by atoms with Gasteiger partial charge >= 0.3 is 5.97 Å². The summed E-state index contributed by atoms with van der Waals surface area (Å²) in [5.74, 6) is -0.612. The summed E-state index contributed by atoms with van der Waals surface area (Å²) in [6, 6.07) is 5.75. The zero-order valence-electron chi connectivity index (χ0n) is 10.5. The lowest BCUT2D eigenvalue weighted by Gasteiger charge is -2.16. The second kappa shape index (κ2) is 6.73. The van der Waals surface area contributed by atoms with Crippen LogP contribution in [0.25, 0.3) is 0 Å². The average molecular weight is 347 g/mol. The van der Waals surface area contributed by atoms with Gasteiger partial charge in [-0.15, -0.1) is 0 Å². The van der Waals surface area contributed by atoms with Crippen molar-refractivity contribution < 1.29 is 9.90 Å². The van der Waals surface area contributed by atoms with Crippen LogP contribution in [0.4, 0.5) is 0 Å². The molecule has 0 aliphatic heterocycles. The fraction of sp³-hybridized carbons (Fsp3) is 0.500. The Morgan fingerprint density at radius 3 is 3.00 bits per heavy atom. The molecule has 5 heteroatoms. The molecule has 0 amide bonds. The Morgan fingerprint density at radius 1 is 1.47 bits per heavy atom. The van der Waals surface area contributed by atoms with Crippen molar-refractivity contribution in [1.29, 1.82) is 0 Å². The standard InChI is InChI=1S/C14H17BrClNO2/c15-11-4-5-13(16)10(6-11)8-17-7-9-2-1-3-12(9)14(18)19/h4-6,9,12,17H,1-3,7-8H2,(H,18,19). The molecule has 1 aromatic carbocycles. The van der Waals surface area contributed by atoms with E-state index in [0.29, 0.717) is 6.54 Å². The highest BCUT2D eigenvalue weighted by atomic mass is 79.9. The van der Waals surface area contributed by atoms with Gasteiger partial charge in [-0.1, -0.05) is 34.0 Å². The highest BCUT2D eigenvalue weighted by molar-refractivity contribution is 9.10. The Kier molecular flexibility index (Phi) is 5.25. The number of carboxylic acids is 1. The van der Waals surface area contributed by atoms with Gasteiger partial charge in [-0.3, -0.25) is 4.79 Å². The summed E-state index contributed by atoms with van der Waals surface area (Å²) >= 11 is 9.53. The van der Waals surface area contributed by atoms with Gasteiger partial charge in [0.1, 0.15) is 0 Å². The van der Waals surface area contributed by atoms with E-state index in [0.717, 1.165) is 40.9 Å².